The van der Waals surface area contributed by atoms with Crippen LogP contribution in [0.4, 0.5) is 32.6 Å². The molecule has 3 N–H and O–H groups in total. The third-order valence-electron chi connectivity index (χ3n) is 9.61. The summed E-state index contributed by atoms with van der Waals surface area (Å²) < 4.78 is 81.7. The van der Waals surface area contributed by atoms with Crippen LogP contribution in [0.1, 0.15) is 55.1 Å². The number of carbonyl (C=O) groups excluding carboxylic acids is 2. The number of carbonyl (C=O) groups is 3. The van der Waals surface area contributed by atoms with E-state index in [4.69, 9.17) is 9.47 Å². The van der Waals surface area contributed by atoms with E-state index in [2.05, 4.69) is 25.7 Å². The second kappa shape index (κ2) is 14.0. The number of hydrogen-bond donors (Lipinski definition) is 3. The number of morpholine rings is 1. The first-order valence-corrected chi connectivity index (χ1v) is 16.3. The minimum absolute atomic E-state index is 0.00136. The van der Waals surface area contributed by atoms with Crippen LogP contribution in [0.25, 0.3) is 5.78 Å². The minimum Gasteiger partial charge on any atom is -0.480 e. The lowest BCUT2D eigenvalue weighted by atomic mass is 9.72. The normalized spacial score (nSPS) is 23.7. The van der Waals surface area contributed by atoms with Gasteiger partial charge in [-0.25, -0.2) is 23.1 Å². The van der Waals surface area contributed by atoms with Crippen LogP contribution >= 0.6 is 0 Å². The van der Waals surface area contributed by atoms with Crippen molar-refractivity contribution in [3.8, 4) is 0 Å². The molecule has 4 heterocycles. The predicted octanol–water partition coefficient (Wildman–Crippen LogP) is 4.07. The lowest BCUT2D eigenvalue weighted by Crippen LogP contribution is -2.57. The molecule has 18 heteroatoms. The Morgan fingerprint density at radius 1 is 1.12 bits per heavy atom. The van der Waals surface area contributed by atoms with Crippen molar-refractivity contribution in [2.75, 3.05) is 37.7 Å². The zero-order chi connectivity index (χ0) is 35.7. The van der Waals surface area contributed by atoms with Crippen molar-refractivity contribution in [3.63, 3.8) is 0 Å². The maximum Gasteiger partial charge on any atom is 0.408 e. The van der Waals surface area contributed by atoms with E-state index in [0.29, 0.717) is 0 Å². The van der Waals surface area contributed by atoms with E-state index >= 15 is 0 Å². The molecule has 3 atom stereocenters. The van der Waals surface area contributed by atoms with Crippen LogP contribution in [0.15, 0.2) is 36.5 Å². The highest BCUT2D eigenvalue weighted by molar-refractivity contribution is 6.02. The van der Waals surface area contributed by atoms with Crippen molar-refractivity contribution in [1.29, 1.82) is 0 Å². The highest BCUT2D eigenvalue weighted by atomic mass is 19.4. The molecule has 2 amide bonds. The number of nitrogens with one attached hydrogen (secondary N) is 2. The smallest absolute Gasteiger partial charge is 0.408 e. The highest BCUT2D eigenvalue weighted by Gasteiger charge is 2.57. The SMILES string of the molecule is O=C(N[C@H](c1cn2nc(CC3(C(=O)O)C[C@@H](C(F)(F)F)CNC3=O)c(N3CCOCC3)nc2n1)C1CCC(F)(F)CC1)OCc1ccccc1. The summed E-state index contributed by atoms with van der Waals surface area (Å²) in [6, 6.07) is 8.01. The van der Waals surface area contributed by atoms with Crippen molar-refractivity contribution in [2.24, 2.45) is 17.3 Å². The summed E-state index contributed by atoms with van der Waals surface area (Å²) in [5.41, 5.74) is -1.63. The molecule has 2 aliphatic heterocycles. The lowest BCUT2D eigenvalue weighted by Gasteiger charge is -2.38. The summed E-state index contributed by atoms with van der Waals surface area (Å²) in [7, 11) is 0. The van der Waals surface area contributed by atoms with Crippen molar-refractivity contribution in [1.82, 2.24) is 30.2 Å². The average molecular weight is 710 g/mol. The van der Waals surface area contributed by atoms with E-state index in [1.54, 1.807) is 29.2 Å². The second-order valence-electron chi connectivity index (χ2n) is 13.0. The number of nitrogens with zero attached hydrogens (tertiary/aromatic N) is 5. The van der Waals surface area contributed by atoms with Crippen LogP contribution in [0.2, 0.25) is 0 Å². The molecule has 3 aliphatic rings. The van der Waals surface area contributed by atoms with Gasteiger partial charge in [0.25, 0.3) is 5.78 Å². The molecule has 1 aliphatic carbocycles. The molecule has 2 saturated heterocycles. The van der Waals surface area contributed by atoms with Crippen LogP contribution in [-0.4, -0.2) is 87.6 Å². The van der Waals surface area contributed by atoms with Crippen molar-refractivity contribution in [2.45, 2.75) is 63.3 Å². The van der Waals surface area contributed by atoms with Gasteiger partial charge in [0.05, 0.1) is 37.1 Å². The Morgan fingerprint density at radius 2 is 1.82 bits per heavy atom. The lowest BCUT2D eigenvalue weighted by molar-refractivity contribution is -0.194. The molecular weight excluding hydrogens is 673 g/mol. The van der Waals surface area contributed by atoms with Gasteiger partial charge in [-0.3, -0.25) is 9.59 Å². The number of aromatic nitrogens is 4. The number of fused-ring (bicyclic) bond motifs is 1. The number of alkyl carbamates (subject to hydrolysis) is 1. The number of amides is 2. The number of rotatable bonds is 9. The van der Waals surface area contributed by atoms with Gasteiger partial charge >= 0.3 is 18.2 Å². The van der Waals surface area contributed by atoms with Gasteiger partial charge in [0, 0.05) is 38.9 Å². The van der Waals surface area contributed by atoms with Crippen LogP contribution in [0.5, 0.6) is 0 Å². The largest absolute Gasteiger partial charge is 0.480 e. The number of carboxylic acids is 1. The Balaban J connectivity index is 1.36. The molecule has 1 aromatic carbocycles. The van der Waals surface area contributed by atoms with E-state index in [1.165, 1.54) is 10.7 Å². The third-order valence-corrected chi connectivity index (χ3v) is 9.61. The number of anilines is 1. The molecule has 3 aromatic rings. The standard InChI is InChI=1S/C32H36F5N7O6/c33-31(34)8-6-20(7-9-31)24(40-29(48)50-18-19-4-2-1-3-5-19)23-17-44-28(39-23)41-25(43-10-12-49-13-11-43)22(42-44)15-30(27(46)47)14-21(32(35,36)37)16-38-26(30)45/h1-5,17,20-21,24H,6-16,18H2,(H,38,45)(H,40,48)(H,46,47)/t21-,24+,30?/m1/s1. The van der Waals surface area contributed by atoms with E-state index in [1.807, 2.05) is 6.07 Å². The summed E-state index contributed by atoms with van der Waals surface area (Å²) in [5, 5.41) is 19.7. The summed E-state index contributed by atoms with van der Waals surface area (Å²) >= 11 is 0. The first-order valence-electron chi connectivity index (χ1n) is 16.3. The zero-order valence-electron chi connectivity index (χ0n) is 26.8. The van der Waals surface area contributed by atoms with Crippen LogP contribution in [-0.2, 0) is 32.1 Å². The fourth-order valence-corrected chi connectivity index (χ4v) is 6.78. The molecule has 2 aromatic heterocycles. The number of piperidine rings is 1. The molecule has 0 radical (unpaired) electrons. The second-order valence-corrected chi connectivity index (χ2v) is 13.0. The van der Waals surface area contributed by atoms with Crippen LogP contribution in [0.3, 0.4) is 0 Å². The first kappa shape index (κ1) is 35.2. The van der Waals surface area contributed by atoms with E-state index in [9.17, 15) is 41.4 Å². The van der Waals surface area contributed by atoms with Gasteiger partial charge in [-0.05, 0) is 30.7 Å². The monoisotopic (exact) mass is 709 g/mol. The van der Waals surface area contributed by atoms with Crippen LogP contribution < -0.4 is 15.5 Å². The van der Waals surface area contributed by atoms with Gasteiger partial charge in [-0.15, -0.1) is 0 Å². The summed E-state index contributed by atoms with van der Waals surface area (Å²) in [6.45, 7) is 0.328. The minimum atomic E-state index is -4.76. The van der Waals surface area contributed by atoms with Gasteiger partial charge in [0.1, 0.15) is 12.3 Å². The predicted molar refractivity (Wildman–Crippen MR) is 164 cm³/mol. The molecule has 13 nitrogen and oxygen atoms in total. The molecule has 1 unspecified atom stereocenters. The number of hydrogen-bond acceptors (Lipinski definition) is 9. The summed E-state index contributed by atoms with van der Waals surface area (Å²) in [5.74, 6) is -8.11. The molecule has 6 rings (SSSR count). The molecule has 0 bridgehead atoms. The van der Waals surface area contributed by atoms with Crippen molar-refractivity contribution < 1.29 is 50.9 Å². The summed E-state index contributed by atoms with van der Waals surface area (Å²) in [4.78, 5) is 49.7. The molecule has 270 valence electrons. The summed E-state index contributed by atoms with van der Waals surface area (Å²) in [6.07, 6.45) is -6.56. The Morgan fingerprint density at radius 3 is 2.48 bits per heavy atom. The highest BCUT2D eigenvalue weighted by Crippen LogP contribution is 2.43. The van der Waals surface area contributed by atoms with Gasteiger partial charge in [-0.1, -0.05) is 30.3 Å². The van der Waals surface area contributed by atoms with E-state index in [0.717, 1.165) is 5.56 Å². The fourth-order valence-electron chi connectivity index (χ4n) is 6.78. The number of imidazole rings is 1. The zero-order valence-corrected chi connectivity index (χ0v) is 26.8. The maximum absolute atomic E-state index is 14.1. The number of halogens is 5. The first-order chi connectivity index (χ1) is 23.7. The fraction of sp³-hybridized carbons (Fsp3) is 0.562. The Bertz CT molecular complexity index is 1710. The average Bonchev–Trinajstić information content (AvgIpc) is 3.50. The Kier molecular flexibility index (Phi) is 9.83. The van der Waals surface area contributed by atoms with E-state index < -0.39 is 85.6 Å². The molecule has 50 heavy (non-hydrogen) atoms. The number of alkyl halides is 5. The third kappa shape index (κ3) is 7.58. The van der Waals surface area contributed by atoms with Gasteiger partial charge in [0.15, 0.2) is 11.2 Å². The maximum atomic E-state index is 14.1. The number of carboxylic acid groups (broad SMARTS) is 1. The topological polar surface area (TPSA) is 160 Å². The Labute approximate surface area is 282 Å². The molecule has 1 saturated carbocycles. The van der Waals surface area contributed by atoms with Crippen molar-refractivity contribution in [3.05, 3.63) is 53.5 Å². The van der Waals surface area contributed by atoms with Crippen LogP contribution in [0, 0.1) is 17.3 Å². The number of benzene rings is 1. The van der Waals surface area contributed by atoms with Gasteiger partial charge in [-0.2, -0.15) is 23.3 Å². The van der Waals surface area contributed by atoms with E-state index in [-0.39, 0.29) is 68.7 Å². The van der Waals surface area contributed by atoms with Gasteiger partial charge < -0.3 is 30.1 Å². The quantitative estimate of drug-likeness (QED) is 0.218. The molecule has 3 fully saturated rings. The molecule has 0 spiro atoms. The van der Waals surface area contributed by atoms with Gasteiger partial charge in [0.2, 0.25) is 11.8 Å². The Hall–Kier alpha value is -4.61. The van der Waals surface area contributed by atoms with Crippen molar-refractivity contribution >= 4 is 29.6 Å². The number of ether oxygens (including phenoxy) is 2. The number of aliphatic carboxylic acids is 1. The molecular formula is C32H36F5N7O6.